The van der Waals surface area contributed by atoms with Gasteiger partial charge >= 0.3 is 0 Å². The number of rotatable bonds is 2. The van der Waals surface area contributed by atoms with Crippen molar-refractivity contribution in [2.24, 2.45) is 0 Å². The standard InChI is InChI=1S/C12H12BrN3O2/c1-7-8(2)14-15(9(7)3)11-5-4-10(13)6-12(11)16(17)18/h4-6H,1-3H3. The van der Waals surface area contributed by atoms with Gasteiger partial charge in [0.25, 0.3) is 5.69 Å². The van der Waals surface area contributed by atoms with Crippen LogP contribution >= 0.6 is 15.9 Å². The zero-order valence-corrected chi connectivity index (χ0v) is 11.9. The Balaban J connectivity index is 2.71. The molecule has 2 aromatic rings. The second-order valence-corrected chi connectivity index (χ2v) is 5.01. The number of nitro groups is 1. The molecule has 0 N–H and O–H groups in total. The van der Waals surface area contributed by atoms with Crippen LogP contribution in [-0.4, -0.2) is 14.7 Å². The van der Waals surface area contributed by atoms with Gasteiger partial charge in [0, 0.05) is 16.2 Å². The second kappa shape index (κ2) is 4.53. The molecule has 1 aromatic heterocycles. The molecule has 1 aromatic carbocycles. The molecule has 0 fully saturated rings. The summed E-state index contributed by atoms with van der Waals surface area (Å²) < 4.78 is 2.30. The van der Waals surface area contributed by atoms with Crippen molar-refractivity contribution >= 4 is 21.6 Å². The zero-order chi connectivity index (χ0) is 13.4. The summed E-state index contributed by atoms with van der Waals surface area (Å²) >= 11 is 3.24. The molecule has 0 radical (unpaired) electrons. The highest BCUT2D eigenvalue weighted by Gasteiger charge is 2.19. The average molecular weight is 310 g/mol. The molecule has 0 saturated heterocycles. The number of benzene rings is 1. The third kappa shape index (κ3) is 2.03. The van der Waals surface area contributed by atoms with Crippen molar-refractivity contribution in [3.8, 4) is 5.69 Å². The fourth-order valence-electron chi connectivity index (χ4n) is 1.78. The molecular weight excluding hydrogens is 298 g/mol. The molecular formula is C12H12BrN3O2. The SMILES string of the molecule is Cc1nn(-c2ccc(Br)cc2[N+](=O)[O-])c(C)c1C. The van der Waals surface area contributed by atoms with Crippen LogP contribution in [0.3, 0.4) is 0 Å². The number of halogens is 1. The Morgan fingerprint density at radius 1 is 1.33 bits per heavy atom. The maximum atomic E-state index is 11.1. The van der Waals surface area contributed by atoms with Crippen LogP contribution in [0, 0.1) is 30.9 Å². The van der Waals surface area contributed by atoms with Crippen molar-refractivity contribution in [1.29, 1.82) is 0 Å². The van der Waals surface area contributed by atoms with E-state index in [-0.39, 0.29) is 5.69 Å². The van der Waals surface area contributed by atoms with E-state index in [4.69, 9.17) is 0 Å². The maximum Gasteiger partial charge on any atom is 0.296 e. The van der Waals surface area contributed by atoms with Crippen molar-refractivity contribution in [3.63, 3.8) is 0 Å². The van der Waals surface area contributed by atoms with Crippen LogP contribution in [0.1, 0.15) is 17.0 Å². The Bertz CT molecular complexity index is 634. The van der Waals surface area contributed by atoms with E-state index >= 15 is 0 Å². The summed E-state index contributed by atoms with van der Waals surface area (Å²) in [7, 11) is 0. The van der Waals surface area contributed by atoms with E-state index in [0.29, 0.717) is 10.2 Å². The average Bonchev–Trinajstić information content (AvgIpc) is 2.57. The third-order valence-electron chi connectivity index (χ3n) is 3.02. The number of hydrogen-bond acceptors (Lipinski definition) is 3. The van der Waals surface area contributed by atoms with Crippen LogP contribution in [0.5, 0.6) is 0 Å². The van der Waals surface area contributed by atoms with Crippen molar-refractivity contribution in [2.45, 2.75) is 20.8 Å². The van der Waals surface area contributed by atoms with E-state index in [1.54, 1.807) is 16.8 Å². The molecule has 0 amide bonds. The van der Waals surface area contributed by atoms with Gasteiger partial charge in [-0.3, -0.25) is 10.1 Å². The summed E-state index contributed by atoms with van der Waals surface area (Å²) in [6, 6.07) is 4.95. The van der Waals surface area contributed by atoms with Gasteiger partial charge in [-0.25, -0.2) is 4.68 Å². The van der Waals surface area contributed by atoms with E-state index in [9.17, 15) is 10.1 Å². The van der Waals surface area contributed by atoms with Crippen molar-refractivity contribution in [1.82, 2.24) is 9.78 Å². The number of aryl methyl sites for hydroxylation is 1. The monoisotopic (exact) mass is 309 g/mol. The van der Waals surface area contributed by atoms with Gasteiger partial charge in [0.2, 0.25) is 0 Å². The Hall–Kier alpha value is -1.69. The van der Waals surface area contributed by atoms with E-state index in [0.717, 1.165) is 17.0 Å². The molecule has 0 saturated carbocycles. The van der Waals surface area contributed by atoms with Gasteiger partial charge in [-0.05, 0) is 38.5 Å². The van der Waals surface area contributed by atoms with Gasteiger partial charge in [-0.15, -0.1) is 0 Å². The predicted molar refractivity (Wildman–Crippen MR) is 72.1 cm³/mol. The van der Waals surface area contributed by atoms with Crippen LogP contribution < -0.4 is 0 Å². The summed E-state index contributed by atoms with van der Waals surface area (Å²) in [5.74, 6) is 0. The lowest BCUT2D eigenvalue weighted by atomic mass is 10.2. The minimum atomic E-state index is -0.397. The van der Waals surface area contributed by atoms with Crippen LogP contribution in [0.4, 0.5) is 5.69 Å². The number of nitro benzene ring substituents is 1. The van der Waals surface area contributed by atoms with Gasteiger partial charge < -0.3 is 0 Å². The molecule has 2 rings (SSSR count). The molecule has 0 aliphatic heterocycles. The Morgan fingerprint density at radius 2 is 2.00 bits per heavy atom. The van der Waals surface area contributed by atoms with E-state index in [2.05, 4.69) is 21.0 Å². The van der Waals surface area contributed by atoms with Gasteiger partial charge in [0.15, 0.2) is 0 Å². The van der Waals surface area contributed by atoms with Crippen molar-refractivity contribution in [2.75, 3.05) is 0 Å². The highest BCUT2D eigenvalue weighted by molar-refractivity contribution is 9.10. The summed E-state index contributed by atoms with van der Waals surface area (Å²) in [6.07, 6.45) is 0. The van der Waals surface area contributed by atoms with E-state index in [1.165, 1.54) is 6.07 Å². The first-order valence-electron chi connectivity index (χ1n) is 5.39. The molecule has 0 unspecified atom stereocenters. The van der Waals surface area contributed by atoms with E-state index in [1.807, 2.05) is 20.8 Å². The lowest BCUT2D eigenvalue weighted by Crippen LogP contribution is -2.03. The van der Waals surface area contributed by atoms with E-state index < -0.39 is 4.92 Å². The fourth-order valence-corrected chi connectivity index (χ4v) is 2.13. The molecule has 0 aliphatic carbocycles. The number of aromatic nitrogens is 2. The quantitative estimate of drug-likeness (QED) is 0.630. The Morgan fingerprint density at radius 3 is 2.50 bits per heavy atom. The summed E-state index contributed by atoms with van der Waals surface area (Å²) in [4.78, 5) is 10.7. The lowest BCUT2D eigenvalue weighted by Gasteiger charge is -2.06. The first-order valence-corrected chi connectivity index (χ1v) is 6.18. The molecule has 0 spiro atoms. The first kappa shape index (κ1) is 12.8. The molecule has 18 heavy (non-hydrogen) atoms. The molecule has 1 heterocycles. The normalized spacial score (nSPS) is 10.7. The molecule has 5 nitrogen and oxygen atoms in total. The van der Waals surface area contributed by atoms with Gasteiger partial charge in [0.05, 0.1) is 10.6 Å². The van der Waals surface area contributed by atoms with Gasteiger partial charge in [0.1, 0.15) is 5.69 Å². The zero-order valence-electron chi connectivity index (χ0n) is 10.3. The molecule has 0 bridgehead atoms. The summed E-state index contributed by atoms with van der Waals surface area (Å²) in [5, 5.41) is 15.4. The topological polar surface area (TPSA) is 61.0 Å². The lowest BCUT2D eigenvalue weighted by molar-refractivity contribution is -0.384. The van der Waals surface area contributed by atoms with Crippen molar-refractivity contribution in [3.05, 3.63) is 49.7 Å². The molecule has 0 atom stereocenters. The van der Waals surface area contributed by atoms with Crippen LogP contribution in [0.25, 0.3) is 5.69 Å². The predicted octanol–water partition coefficient (Wildman–Crippen LogP) is 3.47. The number of nitrogens with zero attached hydrogens (tertiary/aromatic N) is 3. The minimum Gasteiger partial charge on any atom is -0.258 e. The Kier molecular flexibility index (Phi) is 3.21. The fraction of sp³-hybridized carbons (Fsp3) is 0.250. The molecule has 0 aliphatic rings. The van der Waals surface area contributed by atoms with Crippen LogP contribution in [-0.2, 0) is 0 Å². The smallest absolute Gasteiger partial charge is 0.258 e. The van der Waals surface area contributed by atoms with Crippen LogP contribution in [0.15, 0.2) is 22.7 Å². The second-order valence-electron chi connectivity index (χ2n) is 4.10. The molecule has 6 heteroatoms. The maximum absolute atomic E-state index is 11.1. The summed E-state index contributed by atoms with van der Waals surface area (Å²) in [5.41, 5.74) is 3.36. The highest BCUT2D eigenvalue weighted by Crippen LogP contribution is 2.28. The van der Waals surface area contributed by atoms with Crippen molar-refractivity contribution < 1.29 is 4.92 Å². The van der Waals surface area contributed by atoms with Crippen LogP contribution in [0.2, 0.25) is 0 Å². The molecule has 94 valence electrons. The number of hydrogen-bond donors (Lipinski definition) is 0. The Labute approximate surface area is 113 Å². The van der Waals surface area contributed by atoms with Gasteiger partial charge in [-0.2, -0.15) is 5.10 Å². The minimum absolute atomic E-state index is 0.0370. The largest absolute Gasteiger partial charge is 0.296 e. The first-order chi connectivity index (χ1) is 8.41. The third-order valence-corrected chi connectivity index (χ3v) is 3.51. The summed E-state index contributed by atoms with van der Waals surface area (Å²) in [6.45, 7) is 5.75. The highest BCUT2D eigenvalue weighted by atomic mass is 79.9. The van der Waals surface area contributed by atoms with Gasteiger partial charge in [-0.1, -0.05) is 15.9 Å².